The van der Waals surface area contributed by atoms with Gasteiger partial charge in [-0.15, -0.1) is 0 Å². The van der Waals surface area contributed by atoms with Crippen LogP contribution in [0.3, 0.4) is 0 Å². The number of aromatic nitrogens is 2. The van der Waals surface area contributed by atoms with E-state index in [9.17, 15) is 0 Å². The summed E-state index contributed by atoms with van der Waals surface area (Å²) < 4.78 is 0. The lowest BCUT2D eigenvalue weighted by atomic mass is 10.2. The molecule has 17 heavy (non-hydrogen) atoms. The van der Waals surface area contributed by atoms with Crippen LogP contribution in [-0.2, 0) is 0 Å². The van der Waals surface area contributed by atoms with Gasteiger partial charge in [-0.05, 0) is 12.8 Å². The highest BCUT2D eigenvalue weighted by molar-refractivity contribution is 5.79. The first-order chi connectivity index (χ1) is 8.33. The number of nitrogens with two attached hydrogens (primary N) is 1. The third-order valence-electron chi connectivity index (χ3n) is 3.34. The van der Waals surface area contributed by atoms with Crippen LogP contribution in [0.15, 0.2) is 0 Å². The molecule has 0 amide bonds. The Morgan fingerprint density at radius 3 is 2.71 bits per heavy atom. The Balaban J connectivity index is 1.88. The normalized spacial score (nSPS) is 19.3. The lowest BCUT2D eigenvalue weighted by molar-refractivity contribution is 0.750. The first kappa shape index (κ1) is 10.4. The van der Waals surface area contributed by atoms with Crippen LogP contribution in [0.1, 0.15) is 25.7 Å². The first-order valence-electron chi connectivity index (χ1n) is 6.25. The van der Waals surface area contributed by atoms with Gasteiger partial charge in [-0.3, -0.25) is 0 Å². The third kappa shape index (κ3) is 2.07. The van der Waals surface area contributed by atoms with E-state index in [1.165, 1.54) is 25.7 Å². The summed E-state index contributed by atoms with van der Waals surface area (Å²) in [4.78, 5) is 8.50. The predicted octanol–water partition coefficient (Wildman–Crippen LogP) is 1.25. The molecule has 92 valence electrons. The minimum absolute atomic E-state index is 0.320. The molecule has 6 nitrogen and oxygen atoms in total. The van der Waals surface area contributed by atoms with E-state index in [2.05, 4.69) is 25.9 Å². The van der Waals surface area contributed by atoms with Crippen molar-refractivity contribution >= 4 is 23.3 Å². The van der Waals surface area contributed by atoms with Crippen molar-refractivity contribution in [2.24, 2.45) is 0 Å². The van der Waals surface area contributed by atoms with Crippen LogP contribution < -0.4 is 21.7 Å². The van der Waals surface area contributed by atoms with E-state index in [4.69, 9.17) is 5.73 Å². The van der Waals surface area contributed by atoms with Gasteiger partial charge in [0.15, 0.2) is 11.6 Å². The highest BCUT2D eigenvalue weighted by atomic mass is 15.2. The standard InChI is InChI=1S/C11H18N6/c12-11-16-9-8(13-5-6-14-9)10(17-11)15-7-3-1-2-4-7/h7,13H,1-6H2,(H4,12,14,15,16,17). The van der Waals surface area contributed by atoms with Crippen molar-refractivity contribution < 1.29 is 0 Å². The van der Waals surface area contributed by atoms with Crippen molar-refractivity contribution in [3.63, 3.8) is 0 Å². The van der Waals surface area contributed by atoms with E-state index in [-0.39, 0.29) is 0 Å². The Hall–Kier alpha value is -1.72. The molecule has 0 radical (unpaired) electrons. The Morgan fingerprint density at radius 1 is 1.12 bits per heavy atom. The summed E-state index contributed by atoms with van der Waals surface area (Å²) in [5.41, 5.74) is 6.68. The van der Waals surface area contributed by atoms with Crippen molar-refractivity contribution in [1.82, 2.24) is 9.97 Å². The van der Waals surface area contributed by atoms with E-state index in [1.54, 1.807) is 0 Å². The summed E-state index contributed by atoms with van der Waals surface area (Å²) in [6, 6.07) is 0.525. The first-order valence-corrected chi connectivity index (χ1v) is 6.25. The topological polar surface area (TPSA) is 87.9 Å². The van der Waals surface area contributed by atoms with Gasteiger partial charge in [0, 0.05) is 19.1 Å². The van der Waals surface area contributed by atoms with Crippen molar-refractivity contribution in [2.75, 3.05) is 34.8 Å². The number of nitrogens with zero attached hydrogens (tertiary/aromatic N) is 2. The molecule has 3 rings (SSSR count). The molecule has 2 aliphatic rings. The van der Waals surface area contributed by atoms with Crippen LogP contribution in [0.5, 0.6) is 0 Å². The molecule has 6 heteroatoms. The quantitative estimate of drug-likeness (QED) is 0.616. The van der Waals surface area contributed by atoms with E-state index < -0.39 is 0 Å². The number of hydrogen-bond acceptors (Lipinski definition) is 6. The van der Waals surface area contributed by atoms with Gasteiger partial charge in [0.2, 0.25) is 5.95 Å². The average molecular weight is 234 g/mol. The lowest BCUT2D eigenvalue weighted by Crippen LogP contribution is -2.25. The van der Waals surface area contributed by atoms with Gasteiger partial charge in [0.25, 0.3) is 0 Å². The molecule has 1 aliphatic carbocycles. The minimum Gasteiger partial charge on any atom is -0.377 e. The highest BCUT2D eigenvalue weighted by Crippen LogP contribution is 2.32. The van der Waals surface area contributed by atoms with Crippen molar-refractivity contribution in [3.05, 3.63) is 0 Å². The zero-order valence-electron chi connectivity index (χ0n) is 9.79. The van der Waals surface area contributed by atoms with Gasteiger partial charge < -0.3 is 21.7 Å². The fraction of sp³-hybridized carbons (Fsp3) is 0.636. The van der Waals surface area contributed by atoms with E-state index in [0.29, 0.717) is 12.0 Å². The number of hydrogen-bond donors (Lipinski definition) is 4. The molecular weight excluding hydrogens is 216 g/mol. The summed E-state index contributed by atoms with van der Waals surface area (Å²) in [7, 11) is 0. The maximum atomic E-state index is 5.73. The number of fused-ring (bicyclic) bond motifs is 1. The summed E-state index contributed by atoms with van der Waals surface area (Å²) >= 11 is 0. The molecule has 1 fully saturated rings. The van der Waals surface area contributed by atoms with Gasteiger partial charge >= 0.3 is 0 Å². The molecular formula is C11H18N6. The monoisotopic (exact) mass is 234 g/mol. The zero-order valence-corrected chi connectivity index (χ0v) is 9.79. The van der Waals surface area contributed by atoms with Gasteiger partial charge in [0.1, 0.15) is 5.69 Å². The number of anilines is 4. The molecule has 2 heterocycles. The molecule has 1 saturated carbocycles. The second-order valence-electron chi connectivity index (χ2n) is 4.63. The second kappa shape index (κ2) is 4.27. The number of nitrogen functional groups attached to an aromatic ring is 1. The van der Waals surface area contributed by atoms with Crippen molar-refractivity contribution in [3.8, 4) is 0 Å². The summed E-state index contributed by atoms with van der Waals surface area (Å²) in [6.45, 7) is 1.76. The molecule has 1 aromatic heterocycles. The van der Waals surface area contributed by atoms with Crippen LogP contribution in [0.4, 0.5) is 23.3 Å². The van der Waals surface area contributed by atoms with E-state index in [1.807, 2.05) is 0 Å². The Bertz CT molecular complexity index is 413. The predicted molar refractivity (Wildman–Crippen MR) is 69.3 cm³/mol. The van der Waals surface area contributed by atoms with Gasteiger partial charge in [0.05, 0.1) is 0 Å². The second-order valence-corrected chi connectivity index (χ2v) is 4.63. The number of rotatable bonds is 2. The van der Waals surface area contributed by atoms with Crippen LogP contribution in [0, 0.1) is 0 Å². The Kier molecular flexibility index (Phi) is 2.62. The fourth-order valence-corrected chi connectivity index (χ4v) is 2.51. The maximum absolute atomic E-state index is 5.73. The van der Waals surface area contributed by atoms with E-state index >= 15 is 0 Å². The Morgan fingerprint density at radius 2 is 1.88 bits per heavy atom. The molecule has 0 aromatic carbocycles. The molecule has 0 unspecified atom stereocenters. The lowest BCUT2D eigenvalue weighted by Gasteiger charge is -2.23. The van der Waals surface area contributed by atoms with Crippen LogP contribution in [0.2, 0.25) is 0 Å². The molecule has 0 bridgehead atoms. The summed E-state index contributed by atoms with van der Waals surface area (Å²) in [6.07, 6.45) is 5.02. The summed E-state index contributed by atoms with van der Waals surface area (Å²) in [5.74, 6) is 1.97. The van der Waals surface area contributed by atoms with Gasteiger partial charge in [-0.2, -0.15) is 9.97 Å². The van der Waals surface area contributed by atoms with Gasteiger partial charge in [-0.25, -0.2) is 0 Å². The highest BCUT2D eigenvalue weighted by Gasteiger charge is 2.20. The smallest absolute Gasteiger partial charge is 0.224 e. The van der Waals surface area contributed by atoms with Crippen LogP contribution >= 0.6 is 0 Å². The fourth-order valence-electron chi connectivity index (χ4n) is 2.51. The van der Waals surface area contributed by atoms with Crippen LogP contribution in [-0.4, -0.2) is 29.1 Å². The largest absolute Gasteiger partial charge is 0.377 e. The van der Waals surface area contributed by atoms with Crippen molar-refractivity contribution in [1.29, 1.82) is 0 Å². The van der Waals surface area contributed by atoms with Crippen molar-refractivity contribution in [2.45, 2.75) is 31.7 Å². The SMILES string of the molecule is Nc1nc2c(c(NC3CCCC3)n1)NCCN2. The molecule has 1 aliphatic heterocycles. The molecule has 0 atom stereocenters. The molecule has 5 N–H and O–H groups in total. The average Bonchev–Trinajstić information content (AvgIpc) is 2.81. The zero-order chi connectivity index (χ0) is 11.7. The maximum Gasteiger partial charge on any atom is 0.224 e. The number of nitrogens with one attached hydrogen (secondary N) is 3. The molecule has 0 spiro atoms. The molecule has 1 aromatic rings. The Labute approximate surface area is 100 Å². The van der Waals surface area contributed by atoms with Crippen LogP contribution in [0.25, 0.3) is 0 Å². The van der Waals surface area contributed by atoms with Gasteiger partial charge in [-0.1, -0.05) is 12.8 Å². The summed E-state index contributed by atoms with van der Waals surface area (Å²) in [5, 5.41) is 10.0. The third-order valence-corrected chi connectivity index (χ3v) is 3.34. The van der Waals surface area contributed by atoms with E-state index in [0.717, 1.165) is 30.4 Å². The minimum atomic E-state index is 0.320. The molecule has 0 saturated heterocycles.